The van der Waals surface area contributed by atoms with Crippen LogP contribution in [0.25, 0.3) is 0 Å². The molecule has 2 aromatic rings. The van der Waals surface area contributed by atoms with E-state index in [9.17, 15) is 9.59 Å². The van der Waals surface area contributed by atoms with Crippen molar-refractivity contribution in [1.29, 1.82) is 0 Å². The number of nitrogens with two attached hydrogens (primary N) is 1. The minimum absolute atomic E-state index is 0.137. The van der Waals surface area contributed by atoms with E-state index in [1.165, 1.54) is 0 Å². The van der Waals surface area contributed by atoms with Crippen LogP contribution >= 0.6 is 23.2 Å². The first-order valence-electron chi connectivity index (χ1n) is 14.0. The molecule has 3 aliphatic rings. The standard InChI is InChI=1S/C30H38Cl2N4O3/c31-25-11-10-23(20-26(25)32)30(14-17-36(21-30)27(37)22-6-4-5-7-22)39-19-18-35-15-12-29(13-16-35,28(33)38)34-24-8-2-1-3-9-24/h1-3,8-11,20,22,34H,4-7,12-19,21H2,(H2,33,38). The minimum atomic E-state index is -0.757. The number of ether oxygens (including phenoxy) is 1. The highest BCUT2D eigenvalue weighted by atomic mass is 35.5. The van der Waals surface area contributed by atoms with Gasteiger partial charge in [0.15, 0.2) is 0 Å². The van der Waals surface area contributed by atoms with E-state index >= 15 is 0 Å². The summed E-state index contributed by atoms with van der Waals surface area (Å²) in [5.41, 5.74) is 6.34. The third-order valence-electron chi connectivity index (χ3n) is 8.82. The van der Waals surface area contributed by atoms with Crippen molar-refractivity contribution in [3.05, 3.63) is 64.1 Å². The highest BCUT2D eigenvalue weighted by Gasteiger charge is 2.45. The van der Waals surface area contributed by atoms with E-state index in [4.69, 9.17) is 33.7 Å². The Kier molecular flexibility index (Phi) is 8.72. The van der Waals surface area contributed by atoms with E-state index in [1.54, 1.807) is 6.07 Å². The zero-order valence-corrected chi connectivity index (χ0v) is 23.9. The first-order valence-corrected chi connectivity index (χ1v) is 14.8. The van der Waals surface area contributed by atoms with Crippen LogP contribution in [0.5, 0.6) is 0 Å². The second-order valence-electron chi connectivity index (χ2n) is 11.2. The van der Waals surface area contributed by atoms with E-state index in [0.717, 1.165) is 63.0 Å². The smallest absolute Gasteiger partial charge is 0.243 e. The van der Waals surface area contributed by atoms with Crippen molar-refractivity contribution in [3.8, 4) is 0 Å². The van der Waals surface area contributed by atoms with Crippen LogP contribution in [0.3, 0.4) is 0 Å². The molecule has 1 unspecified atom stereocenters. The zero-order valence-electron chi connectivity index (χ0n) is 22.3. The van der Waals surface area contributed by atoms with Gasteiger partial charge in [0.2, 0.25) is 11.8 Å². The van der Waals surface area contributed by atoms with Crippen molar-refractivity contribution in [3.63, 3.8) is 0 Å². The van der Waals surface area contributed by atoms with Crippen LogP contribution in [-0.2, 0) is 19.9 Å². The number of carbonyl (C=O) groups excluding carboxylic acids is 2. The number of rotatable bonds is 9. The normalized spacial score (nSPS) is 23.7. The SMILES string of the molecule is NC(=O)C1(Nc2ccccc2)CCN(CCOC2(c3ccc(Cl)c(Cl)c3)CCN(C(=O)C3CCCC3)C2)CC1. The summed E-state index contributed by atoms with van der Waals surface area (Å²) in [5.74, 6) is 0.0690. The number of hydrogen-bond acceptors (Lipinski definition) is 5. The molecule has 3 fully saturated rings. The molecule has 2 heterocycles. The lowest BCUT2D eigenvalue weighted by atomic mass is 9.86. The van der Waals surface area contributed by atoms with Gasteiger partial charge in [-0.1, -0.05) is 60.3 Å². The number of nitrogens with zero attached hydrogens (tertiary/aromatic N) is 2. The molecule has 0 bridgehead atoms. The fourth-order valence-electron chi connectivity index (χ4n) is 6.38. The molecule has 2 aliphatic heterocycles. The predicted octanol–water partition coefficient (Wildman–Crippen LogP) is 5.06. The Hall–Kier alpha value is -2.32. The van der Waals surface area contributed by atoms with Gasteiger partial charge in [-0.25, -0.2) is 0 Å². The number of hydrogen-bond donors (Lipinski definition) is 2. The van der Waals surface area contributed by atoms with Gasteiger partial charge >= 0.3 is 0 Å². The molecule has 7 nitrogen and oxygen atoms in total. The number of piperidine rings is 1. The summed E-state index contributed by atoms with van der Waals surface area (Å²) in [6, 6.07) is 15.4. The van der Waals surface area contributed by atoms with E-state index in [2.05, 4.69) is 10.2 Å². The number of para-hydroxylation sites is 1. The Bertz CT molecular complexity index is 1170. The Morgan fingerprint density at radius 3 is 2.36 bits per heavy atom. The second-order valence-corrected chi connectivity index (χ2v) is 12.1. The van der Waals surface area contributed by atoms with E-state index in [-0.39, 0.29) is 17.7 Å². The second kappa shape index (κ2) is 12.0. The third kappa shape index (κ3) is 6.22. The van der Waals surface area contributed by atoms with Crippen molar-refractivity contribution in [1.82, 2.24) is 9.80 Å². The Labute approximate surface area is 240 Å². The lowest BCUT2D eigenvalue weighted by molar-refractivity contribution is -0.136. The van der Waals surface area contributed by atoms with Crippen LogP contribution in [0.15, 0.2) is 48.5 Å². The molecule has 5 rings (SSSR count). The van der Waals surface area contributed by atoms with Crippen LogP contribution in [0.2, 0.25) is 10.0 Å². The number of nitrogens with one attached hydrogen (secondary N) is 1. The van der Waals surface area contributed by atoms with Gasteiger partial charge in [0.05, 0.1) is 23.2 Å². The fraction of sp³-hybridized carbons (Fsp3) is 0.533. The maximum absolute atomic E-state index is 13.2. The molecular formula is C30H38Cl2N4O3. The molecule has 3 N–H and O–H groups in total. The molecule has 39 heavy (non-hydrogen) atoms. The number of halogens is 2. The van der Waals surface area contributed by atoms with Gasteiger partial charge in [-0.2, -0.15) is 0 Å². The van der Waals surface area contributed by atoms with Crippen LogP contribution in [0.1, 0.15) is 50.5 Å². The summed E-state index contributed by atoms with van der Waals surface area (Å²) in [7, 11) is 0. The quantitative estimate of drug-likeness (QED) is 0.438. The molecular weight excluding hydrogens is 535 g/mol. The van der Waals surface area contributed by atoms with E-state index < -0.39 is 11.1 Å². The molecule has 1 aliphatic carbocycles. The maximum atomic E-state index is 13.2. The summed E-state index contributed by atoms with van der Waals surface area (Å²) in [6.07, 6.45) is 6.19. The first-order chi connectivity index (χ1) is 18.8. The maximum Gasteiger partial charge on any atom is 0.243 e. The number of anilines is 1. The van der Waals surface area contributed by atoms with E-state index in [0.29, 0.717) is 42.6 Å². The van der Waals surface area contributed by atoms with Gasteiger partial charge in [0.25, 0.3) is 0 Å². The molecule has 0 spiro atoms. The number of primary amides is 1. The van der Waals surface area contributed by atoms with Gasteiger partial charge in [0.1, 0.15) is 11.1 Å². The summed E-state index contributed by atoms with van der Waals surface area (Å²) in [6.45, 7) is 3.88. The topological polar surface area (TPSA) is 87.9 Å². The Balaban J connectivity index is 1.22. The summed E-state index contributed by atoms with van der Waals surface area (Å²) >= 11 is 12.6. The molecule has 2 amide bonds. The average Bonchev–Trinajstić information content (AvgIpc) is 3.63. The lowest BCUT2D eigenvalue weighted by Crippen LogP contribution is -2.57. The highest BCUT2D eigenvalue weighted by Crippen LogP contribution is 2.40. The average molecular weight is 574 g/mol. The largest absolute Gasteiger partial charge is 0.371 e. The van der Waals surface area contributed by atoms with Gasteiger partial charge in [-0.15, -0.1) is 0 Å². The Morgan fingerprint density at radius 2 is 1.69 bits per heavy atom. The van der Waals surface area contributed by atoms with Crippen molar-refractivity contribution < 1.29 is 14.3 Å². The van der Waals surface area contributed by atoms with Crippen LogP contribution in [0, 0.1) is 5.92 Å². The number of likely N-dealkylation sites (tertiary alicyclic amines) is 2. The molecule has 210 valence electrons. The minimum Gasteiger partial charge on any atom is -0.371 e. The fourth-order valence-corrected chi connectivity index (χ4v) is 6.67. The zero-order chi connectivity index (χ0) is 27.5. The highest BCUT2D eigenvalue weighted by molar-refractivity contribution is 6.42. The summed E-state index contributed by atoms with van der Waals surface area (Å²) in [4.78, 5) is 30.0. The Morgan fingerprint density at radius 1 is 0.974 bits per heavy atom. The van der Waals surface area contributed by atoms with Crippen LogP contribution in [0.4, 0.5) is 5.69 Å². The van der Waals surface area contributed by atoms with Crippen molar-refractivity contribution in [2.75, 3.05) is 44.6 Å². The third-order valence-corrected chi connectivity index (χ3v) is 9.56. The van der Waals surface area contributed by atoms with Crippen molar-refractivity contribution in [2.45, 2.75) is 56.1 Å². The van der Waals surface area contributed by atoms with Crippen molar-refractivity contribution in [2.24, 2.45) is 11.7 Å². The first kappa shape index (κ1) is 28.2. The number of carbonyl (C=O) groups is 2. The van der Waals surface area contributed by atoms with Gasteiger partial charge in [0, 0.05) is 37.8 Å². The van der Waals surface area contributed by atoms with Crippen LogP contribution in [-0.4, -0.2) is 66.5 Å². The molecule has 0 radical (unpaired) electrons. The summed E-state index contributed by atoms with van der Waals surface area (Å²) in [5, 5.41) is 4.39. The van der Waals surface area contributed by atoms with E-state index in [1.807, 2.05) is 47.4 Å². The van der Waals surface area contributed by atoms with Crippen molar-refractivity contribution >= 4 is 40.7 Å². The monoisotopic (exact) mass is 572 g/mol. The molecule has 1 saturated carbocycles. The number of amides is 2. The molecule has 2 saturated heterocycles. The molecule has 9 heteroatoms. The van der Waals surface area contributed by atoms with Gasteiger partial charge in [-0.05, 0) is 61.9 Å². The van der Waals surface area contributed by atoms with Gasteiger partial charge in [-0.3, -0.25) is 9.59 Å². The van der Waals surface area contributed by atoms with Crippen LogP contribution < -0.4 is 11.1 Å². The molecule has 2 aromatic carbocycles. The lowest BCUT2D eigenvalue weighted by Gasteiger charge is -2.41. The summed E-state index contributed by atoms with van der Waals surface area (Å²) < 4.78 is 6.67. The van der Waals surface area contributed by atoms with Gasteiger partial charge < -0.3 is 25.6 Å². The number of benzene rings is 2. The molecule has 1 atom stereocenters. The predicted molar refractivity (Wildman–Crippen MR) is 155 cm³/mol. The molecule has 0 aromatic heterocycles.